The zero-order valence-corrected chi connectivity index (χ0v) is 13.5. The number of nitrogens with zero attached hydrogens (tertiary/aromatic N) is 1. The SMILES string of the molecule is CC1CN(CC(=O)NC2CCCc3ccccc32)CC(C)O1. The van der Waals surface area contributed by atoms with E-state index in [0.29, 0.717) is 6.54 Å². The molecule has 4 nitrogen and oxygen atoms in total. The Hall–Kier alpha value is -1.39. The number of rotatable bonds is 3. The van der Waals surface area contributed by atoms with Gasteiger partial charge in [0.15, 0.2) is 0 Å². The molecule has 0 spiro atoms. The van der Waals surface area contributed by atoms with Crippen LogP contribution in [0.1, 0.15) is 43.9 Å². The molecule has 1 aliphatic carbocycles. The van der Waals surface area contributed by atoms with E-state index in [1.54, 1.807) is 0 Å². The first-order chi connectivity index (χ1) is 10.6. The first-order valence-electron chi connectivity index (χ1n) is 8.37. The number of hydrogen-bond acceptors (Lipinski definition) is 3. The number of hydrogen-bond donors (Lipinski definition) is 1. The minimum Gasteiger partial charge on any atom is -0.373 e. The lowest BCUT2D eigenvalue weighted by molar-refractivity contribution is -0.126. The molecule has 120 valence electrons. The highest BCUT2D eigenvalue weighted by Gasteiger charge is 2.26. The van der Waals surface area contributed by atoms with Crippen LogP contribution in [0.25, 0.3) is 0 Å². The summed E-state index contributed by atoms with van der Waals surface area (Å²) in [5.41, 5.74) is 2.68. The Bertz CT molecular complexity index is 522. The molecule has 3 atom stereocenters. The Kier molecular flexibility index (Phi) is 4.79. The summed E-state index contributed by atoms with van der Waals surface area (Å²) in [5.74, 6) is 0.128. The van der Waals surface area contributed by atoms with E-state index < -0.39 is 0 Å². The van der Waals surface area contributed by atoms with Crippen molar-refractivity contribution < 1.29 is 9.53 Å². The molecule has 4 heteroatoms. The van der Waals surface area contributed by atoms with Crippen molar-refractivity contribution in [3.8, 4) is 0 Å². The standard InChI is InChI=1S/C18H26N2O2/c1-13-10-20(11-14(2)22-13)12-18(21)19-17-9-5-7-15-6-3-4-8-16(15)17/h3-4,6,8,13-14,17H,5,7,9-12H2,1-2H3,(H,19,21). The average Bonchev–Trinajstić information content (AvgIpc) is 2.46. The van der Waals surface area contributed by atoms with Crippen molar-refractivity contribution in [2.45, 2.75) is 51.4 Å². The van der Waals surface area contributed by atoms with Gasteiger partial charge in [-0.15, -0.1) is 0 Å². The molecule has 1 heterocycles. The minimum absolute atomic E-state index is 0.128. The van der Waals surface area contributed by atoms with Gasteiger partial charge in [0.1, 0.15) is 0 Å². The molecule has 22 heavy (non-hydrogen) atoms. The predicted octanol–water partition coefficient (Wildman–Crippen LogP) is 2.29. The largest absolute Gasteiger partial charge is 0.373 e. The lowest BCUT2D eigenvalue weighted by Gasteiger charge is -2.35. The maximum absolute atomic E-state index is 12.4. The van der Waals surface area contributed by atoms with Crippen molar-refractivity contribution >= 4 is 5.91 Å². The molecule has 1 amide bonds. The number of amides is 1. The van der Waals surface area contributed by atoms with E-state index in [0.717, 1.165) is 32.4 Å². The van der Waals surface area contributed by atoms with Crippen LogP contribution in [0.4, 0.5) is 0 Å². The van der Waals surface area contributed by atoms with Gasteiger partial charge in [-0.25, -0.2) is 0 Å². The Morgan fingerprint density at radius 1 is 1.27 bits per heavy atom. The summed E-state index contributed by atoms with van der Waals surface area (Å²) in [4.78, 5) is 14.6. The summed E-state index contributed by atoms with van der Waals surface area (Å²) in [6, 6.07) is 8.65. The third kappa shape index (κ3) is 3.68. The van der Waals surface area contributed by atoms with Crippen LogP contribution in [0.2, 0.25) is 0 Å². The number of carbonyl (C=O) groups is 1. The van der Waals surface area contributed by atoms with Gasteiger partial charge >= 0.3 is 0 Å². The molecule has 1 fully saturated rings. The number of benzene rings is 1. The van der Waals surface area contributed by atoms with Crippen LogP contribution in [-0.4, -0.2) is 42.6 Å². The molecule has 0 saturated carbocycles. The van der Waals surface area contributed by atoms with Crippen LogP contribution >= 0.6 is 0 Å². The van der Waals surface area contributed by atoms with Gasteiger partial charge < -0.3 is 10.1 Å². The van der Waals surface area contributed by atoms with E-state index in [4.69, 9.17) is 4.74 Å². The summed E-state index contributed by atoms with van der Waals surface area (Å²) in [7, 11) is 0. The van der Waals surface area contributed by atoms with Crippen molar-refractivity contribution in [1.82, 2.24) is 10.2 Å². The molecule has 1 N–H and O–H groups in total. The summed E-state index contributed by atoms with van der Waals surface area (Å²) in [6.45, 7) is 6.27. The Morgan fingerprint density at radius 3 is 2.77 bits per heavy atom. The van der Waals surface area contributed by atoms with E-state index in [2.05, 4.69) is 48.3 Å². The smallest absolute Gasteiger partial charge is 0.234 e. The molecule has 0 radical (unpaired) electrons. The van der Waals surface area contributed by atoms with Gasteiger partial charge in [-0.2, -0.15) is 0 Å². The van der Waals surface area contributed by atoms with Gasteiger partial charge in [-0.1, -0.05) is 24.3 Å². The summed E-state index contributed by atoms with van der Waals surface area (Å²) in [6.07, 6.45) is 3.71. The molecule has 0 bridgehead atoms. The molecule has 1 aromatic rings. The van der Waals surface area contributed by atoms with Crippen LogP contribution in [0.3, 0.4) is 0 Å². The highest BCUT2D eigenvalue weighted by Crippen LogP contribution is 2.29. The number of fused-ring (bicyclic) bond motifs is 1. The molecule has 0 aromatic heterocycles. The molecule has 1 aliphatic heterocycles. The average molecular weight is 302 g/mol. The Balaban J connectivity index is 1.58. The first-order valence-corrected chi connectivity index (χ1v) is 8.37. The van der Waals surface area contributed by atoms with Gasteiger partial charge in [0.2, 0.25) is 5.91 Å². The van der Waals surface area contributed by atoms with E-state index in [9.17, 15) is 4.79 Å². The number of aryl methyl sites for hydroxylation is 1. The molecule has 3 unspecified atom stereocenters. The van der Waals surface area contributed by atoms with E-state index in [1.807, 2.05) is 0 Å². The van der Waals surface area contributed by atoms with E-state index in [-0.39, 0.29) is 24.2 Å². The van der Waals surface area contributed by atoms with Gasteiger partial charge in [0.25, 0.3) is 0 Å². The van der Waals surface area contributed by atoms with Crippen molar-refractivity contribution in [3.05, 3.63) is 35.4 Å². The lowest BCUT2D eigenvalue weighted by atomic mass is 9.88. The molecule has 1 saturated heterocycles. The van der Waals surface area contributed by atoms with Gasteiger partial charge in [0, 0.05) is 13.1 Å². The van der Waals surface area contributed by atoms with Crippen LogP contribution in [0, 0.1) is 0 Å². The molecule has 1 aromatic carbocycles. The molecular formula is C18H26N2O2. The summed E-state index contributed by atoms with van der Waals surface area (Å²) < 4.78 is 5.72. The van der Waals surface area contributed by atoms with Crippen LogP contribution in [0.15, 0.2) is 24.3 Å². The van der Waals surface area contributed by atoms with Gasteiger partial charge in [-0.05, 0) is 44.2 Å². The van der Waals surface area contributed by atoms with Crippen LogP contribution in [-0.2, 0) is 16.0 Å². The van der Waals surface area contributed by atoms with E-state index in [1.165, 1.54) is 11.1 Å². The van der Waals surface area contributed by atoms with Crippen LogP contribution < -0.4 is 5.32 Å². The van der Waals surface area contributed by atoms with Crippen molar-refractivity contribution in [2.24, 2.45) is 0 Å². The maximum Gasteiger partial charge on any atom is 0.234 e. The zero-order valence-electron chi connectivity index (χ0n) is 13.5. The lowest BCUT2D eigenvalue weighted by Crippen LogP contribution is -2.49. The highest BCUT2D eigenvalue weighted by molar-refractivity contribution is 5.78. The van der Waals surface area contributed by atoms with E-state index >= 15 is 0 Å². The van der Waals surface area contributed by atoms with Crippen molar-refractivity contribution in [2.75, 3.05) is 19.6 Å². The summed E-state index contributed by atoms with van der Waals surface area (Å²) in [5, 5.41) is 3.23. The second-order valence-electron chi connectivity index (χ2n) is 6.66. The van der Waals surface area contributed by atoms with Crippen molar-refractivity contribution in [3.63, 3.8) is 0 Å². The topological polar surface area (TPSA) is 41.6 Å². The fourth-order valence-corrected chi connectivity index (χ4v) is 3.76. The number of morpholine rings is 1. The minimum atomic E-state index is 0.128. The highest BCUT2D eigenvalue weighted by atomic mass is 16.5. The quantitative estimate of drug-likeness (QED) is 0.931. The monoisotopic (exact) mass is 302 g/mol. The first kappa shape index (κ1) is 15.5. The zero-order chi connectivity index (χ0) is 15.5. The second-order valence-corrected chi connectivity index (χ2v) is 6.66. The summed E-state index contributed by atoms with van der Waals surface area (Å²) >= 11 is 0. The third-order valence-corrected chi connectivity index (χ3v) is 4.57. The Morgan fingerprint density at radius 2 is 2.00 bits per heavy atom. The second kappa shape index (κ2) is 6.80. The van der Waals surface area contributed by atoms with Gasteiger partial charge in [-0.3, -0.25) is 9.69 Å². The number of nitrogens with one attached hydrogen (secondary N) is 1. The Labute approximate surface area is 132 Å². The van der Waals surface area contributed by atoms with Gasteiger partial charge in [0.05, 0.1) is 24.8 Å². The fraction of sp³-hybridized carbons (Fsp3) is 0.611. The number of carbonyl (C=O) groups excluding carboxylic acids is 1. The normalized spacial score (nSPS) is 28.9. The van der Waals surface area contributed by atoms with Crippen LogP contribution in [0.5, 0.6) is 0 Å². The third-order valence-electron chi connectivity index (χ3n) is 4.57. The van der Waals surface area contributed by atoms with Crippen molar-refractivity contribution in [1.29, 1.82) is 0 Å². The molecule has 2 aliphatic rings. The molecular weight excluding hydrogens is 276 g/mol. The maximum atomic E-state index is 12.4. The molecule has 3 rings (SSSR count). The predicted molar refractivity (Wildman–Crippen MR) is 86.7 cm³/mol. The number of ether oxygens (including phenoxy) is 1. The fourth-order valence-electron chi connectivity index (χ4n) is 3.76.